The van der Waals surface area contributed by atoms with Crippen LogP contribution in [0.2, 0.25) is 0 Å². The predicted molar refractivity (Wildman–Crippen MR) is 94.8 cm³/mol. The molecule has 0 N–H and O–H groups in total. The van der Waals surface area contributed by atoms with Gasteiger partial charge in [-0.15, -0.1) is 0 Å². The van der Waals surface area contributed by atoms with Crippen molar-refractivity contribution in [3.05, 3.63) is 58.3 Å². The SMILES string of the molecule is C=C(C#N)c1c(C(C)C)cc(Br)c(OC)c1-c1ccc(F)cc1. The van der Waals surface area contributed by atoms with Gasteiger partial charge in [0, 0.05) is 11.1 Å². The summed E-state index contributed by atoms with van der Waals surface area (Å²) < 4.78 is 19.6. The largest absolute Gasteiger partial charge is 0.495 e. The molecule has 0 radical (unpaired) electrons. The smallest absolute Gasteiger partial charge is 0.141 e. The molecule has 23 heavy (non-hydrogen) atoms. The number of nitrogens with zero attached hydrogens (tertiary/aromatic N) is 1. The molecule has 0 aromatic heterocycles. The third-order valence-corrected chi connectivity index (χ3v) is 4.25. The number of halogens is 2. The first kappa shape index (κ1) is 17.2. The molecule has 0 saturated heterocycles. The zero-order valence-electron chi connectivity index (χ0n) is 13.3. The van der Waals surface area contributed by atoms with Crippen molar-refractivity contribution >= 4 is 21.5 Å². The second-order valence-electron chi connectivity index (χ2n) is 5.48. The van der Waals surface area contributed by atoms with Crippen molar-refractivity contribution in [3.8, 4) is 22.9 Å². The fourth-order valence-electron chi connectivity index (χ4n) is 2.58. The summed E-state index contributed by atoms with van der Waals surface area (Å²) in [7, 11) is 1.57. The lowest BCUT2D eigenvalue weighted by molar-refractivity contribution is 0.413. The second kappa shape index (κ2) is 6.97. The van der Waals surface area contributed by atoms with Gasteiger partial charge in [0.1, 0.15) is 11.6 Å². The number of nitriles is 1. The van der Waals surface area contributed by atoms with Gasteiger partial charge in [-0.25, -0.2) is 4.39 Å². The van der Waals surface area contributed by atoms with E-state index in [1.54, 1.807) is 19.2 Å². The Bertz CT molecular complexity index is 788. The number of hydrogen-bond acceptors (Lipinski definition) is 2. The van der Waals surface area contributed by atoms with Crippen LogP contribution in [0.25, 0.3) is 16.7 Å². The Morgan fingerprint density at radius 1 is 1.30 bits per heavy atom. The van der Waals surface area contributed by atoms with E-state index in [-0.39, 0.29) is 11.7 Å². The van der Waals surface area contributed by atoms with Crippen LogP contribution < -0.4 is 4.74 Å². The lowest BCUT2D eigenvalue weighted by atomic mass is 9.86. The molecular weight excluding hydrogens is 357 g/mol. The minimum Gasteiger partial charge on any atom is -0.495 e. The molecule has 118 valence electrons. The van der Waals surface area contributed by atoms with E-state index in [0.29, 0.717) is 11.3 Å². The zero-order valence-corrected chi connectivity index (χ0v) is 14.9. The minimum absolute atomic E-state index is 0.191. The summed E-state index contributed by atoms with van der Waals surface area (Å²) >= 11 is 3.53. The molecule has 0 heterocycles. The third kappa shape index (κ3) is 3.30. The van der Waals surface area contributed by atoms with Gasteiger partial charge in [-0.1, -0.05) is 32.6 Å². The highest BCUT2D eigenvalue weighted by Gasteiger charge is 2.22. The van der Waals surface area contributed by atoms with Gasteiger partial charge in [0.2, 0.25) is 0 Å². The van der Waals surface area contributed by atoms with Crippen molar-refractivity contribution in [2.45, 2.75) is 19.8 Å². The Labute approximate surface area is 144 Å². The van der Waals surface area contributed by atoms with Gasteiger partial charge in [-0.2, -0.15) is 5.26 Å². The summed E-state index contributed by atoms with van der Waals surface area (Å²) in [5, 5.41) is 9.38. The summed E-state index contributed by atoms with van der Waals surface area (Å²) in [6, 6.07) is 10.2. The first-order valence-electron chi connectivity index (χ1n) is 7.16. The van der Waals surface area contributed by atoms with Gasteiger partial charge in [0.25, 0.3) is 0 Å². The van der Waals surface area contributed by atoms with Gasteiger partial charge in [0.05, 0.1) is 23.2 Å². The molecule has 0 unspecified atom stereocenters. The number of rotatable bonds is 4. The average Bonchev–Trinajstić information content (AvgIpc) is 2.53. The number of ether oxygens (including phenoxy) is 1. The first-order valence-corrected chi connectivity index (χ1v) is 7.95. The van der Waals surface area contributed by atoms with Crippen LogP contribution in [0.5, 0.6) is 5.75 Å². The quantitative estimate of drug-likeness (QED) is 0.622. The highest BCUT2D eigenvalue weighted by atomic mass is 79.9. The molecular formula is C19H17BrFNO. The first-order chi connectivity index (χ1) is 10.9. The highest BCUT2D eigenvalue weighted by Crippen LogP contribution is 2.45. The zero-order chi connectivity index (χ0) is 17.1. The standard InChI is InChI=1S/C19H17BrFNO/c1-11(2)15-9-16(20)19(23-4)18(17(15)12(3)10-22)13-5-7-14(21)8-6-13/h5-9,11H,3H2,1-2,4H3. The number of benzene rings is 2. The summed E-state index contributed by atoms with van der Waals surface area (Å²) in [5.41, 5.74) is 3.62. The van der Waals surface area contributed by atoms with E-state index in [4.69, 9.17) is 4.74 Å². The molecule has 4 heteroatoms. The summed E-state index contributed by atoms with van der Waals surface area (Å²) in [4.78, 5) is 0. The lowest BCUT2D eigenvalue weighted by Gasteiger charge is -2.21. The van der Waals surface area contributed by atoms with Gasteiger partial charge < -0.3 is 4.74 Å². The Hall–Kier alpha value is -2.12. The van der Waals surface area contributed by atoms with Crippen LogP contribution in [0.1, 0.15) is 30.9 Å². The molecule has 2 nitrogen and oxygen atoms in total. The highest BCUT2D eigenvalue weighted by molar-refractivity contribution is 9.10. The van der Waals surface area contributed by atoms with E-state index in [1.165, 1.54) is 12.1 Å². The molecule has 0 amide bonds. The number of allylic oxidation sites excluding steroid dienone is 1. The van der Waals surface area contributed by atoms with E-state index in [2.05, 4.69) is 42.4 Å². The fraction of sp³-hybridized carbons (Fsp3) is 0.211. The van der Waals surface area contributed by atoms with Crippen molar-refractivity contribution in [1.82, 2.24) is 0 Å². The van der Waals surface area contributed by atoms with Crippen LogP contribution in [-0.4, -0.2) is 7.11 Å². The summed E-state index contributed by atoms with van der Waals surface area (Å²) in [5.74, 6) is 0.483. The second-order valence-corrected chi connectivity index (χ2v) is 6.34. The van der Waals surface area contributed by atoms with Crippen molar-refractivity contribution < 1.29 is 9.13 Å². The average molecular weight is 374 g/mol. The topological polar surface area (TPSA) is 33.0 Å². The van der Waals surface area contributed by atoms with Crippen molar-refractivity contribution in [2.24, 2.45) is 0 Å². The summed E-state index contributed by atoms with van der Waals surface area (Å²) in [6.45, 7) is 7.99. The van der Waals surface area contributed by atoms with Crippen LogP contribution in [0, 0.1) is 17.1 Å². The lowest BCUT2D eigenvalue weighted by Crippen LogP contribution is -2.02. The molecule has 0 spiro atoms. The molecule has 0 aliphatic carbocycles. The van der Waals surface area contributed by atoms with Gasteiger partial charge in [0.15, 0.2) is 0 Å². The van der Waals surface area contributed by atoms with Gasteiger partial charge in [-0.05, 0) is 51.2 Å². The third-order valence-electron chi connectivity index (χ3n) is 3.66. The van der Waals surface area contributed by atoms with Crippen LogP contribution in [0.4, 0.5) is 4.39 Å². The van der Waals surface area contributed by atoms with E-state index in [1.807, 2.05) is 6.07 Å². The Balaban J connectivity index is 2.93. The van der Waals surface area contributed by atoms with Crippen molar-refractivity contribution in [3.63, 3.8) is 0 Å². The molecule has 0 fully saturated rings. The normalized spacial score (nSPS) is 10.5. The predicted octanol–water partition coefficient (Wildman–Crippen LogP) is 5.92. The molecule has 0 aliphatic rings. The molecule has 0 aliphatic heterocycles. The van der Waals surface area contributed by atoms with Crippen LogP contribution in [0.15, 0.2) is 41.4 Å². The van der Waals surface area contributed by atoms with E-state index < -0.39 is 0 Å². The molecule has 0 atom stereocenters. The van der Waals surface area contributed by atoms with Crippen LogP contribution >= 0.6 is 15.9 Å². The number of hydrogen-bond donors (Lipinski definition) is 0. The molecule has 0 bridgehead atoms. The fourth-order valence-corrected chi connectivity index (χ4v) is 3.19. The van der Waals surface area contributed by atoms with E-state index in [9.17, 15) is 9.65 Å². The van der Waals surface area contributed by atoms with E-state index in [0.717, 1.165) is 26.7 Å². The molecule has 2 aromatic carbocycles. The monoisotopic (exact) mass is 373 g/mol. The molecule has 2 rings (SSSR count). The number of methoxy groups -OCH3 is 1. The molecule has 0 saturated carbocycles. The molecule has 2 aromatic rings. The Morgan fingerprint density at radius 3 is 2.39 bits per heavy atom. The maximum absolute atomic E-state index is 13.3. The van der Waals surface area contributed by atoms with Crippen molar-refractivity contribution in [1.29, 1.82) is 5.26 Å². The Morgan fingerprint density at radius 2 is 1.91 bits per heavy atom. The van der Waals surface area contributed by atoms with Gasteiger partial charge >= 0.3 is 0 Å². The van der Waals surface area contributed by atoms with Gasteiger partial charge in [-0.3, -0.25) is 0 Å². The summed E-state index contributed by atoms with van der Waals surface area (Å²) in [6.07, 6.45) is 0. The van der Waals surface area contributed by atoms with Crippen molar-refractivity contribution in [2.75, 3.05) is 7.11 Å². The maximum atomic E-state index is 13.3. The minimum atomic E-state index is -0.313. The van der Waals surface area contributed by atoms with E-state index >= 15 is 0 Å². The maximum Gasteiger partial charge on any atom is 0.141 e. The van der Waals surface area contributed by atoms with Crippen LogP contribution in [-0.2, 0) is 0 Å². The van der Waals surface area contributed by atoms with Crippen LogP contribution in [0.3, 0.4) is 0 Å². The Kier molecular flexibility index (Phi) is 5.23.